The second-order valence-electron chi connectivity index (χ2n) is 7.39. The summed E-state index contributed by atoms with van der Waals surface area (Å²) >= 11 is 0. The van der Waals surface area contributed by atoms with Crippen LogP contribution in [0.15, 0.2) is 12.2 Å². The molecule has 1 heteroatoms. The molecule has 0 radical (unpaired) electrons. The van der Waals surface area contributed by atoms with Crippen LogP contribution in [0.2, 0.25) is 0 Å². The van der Waals surface area contributed by atoms with Crippen LogP contribution in [0, 0.1) is 11.8 Å². The SMILES string of the molecule is CCCCCCC=C[C@H]1CCC[C@@H]1CCCCCCCOCC. The summed E-state index contributed by atoms with van der Waals surface area (Å²) in [5, 5.41) is 0. The average molecular weight is 323 g/mol. The van der Waals surface area contributed by atoms with Crippen molar-refractivity contribution in [3.05, 3.63) is 12.2 Å². The third-order valence-electron chi connectivity index (χ3n) is 5.39. The fraction of sp³-hybridized carbons (Fsp3) is 0.909. The van der Waals surface area contributed by atoms with Crippen LogP contribution >= 0.6 is 0 Å². The van der Waals surface area contributed by atoms with Crippen molar-refractivity contribution in [3.8, 4) is 0 Å². The smallest absolute Gasteiger partial charge is 0.0465 e. The highest BCUT2D eigenvalue weighted by molar-refractivity contribution is 4.94. The Kier molecular flexibility index (Phi) is 13.7. The Labute approximate surface area is 146 Å². The second-order valence-corrected chi connectivity index (χ2v) is 7.39. The summed E-state index contributed by atoms with van der Waals surface area (Å²) in [6.07, 6.45) is 24.7. The minimum absolute atomic E-state index is 0.870. The van der Waals surface area contributed by atoms with E-state index >= 15 is 0 Å². The summed E-state index contributed by atoms with van der Waals surface area (Å²) in [6.45, 7) is 6.20. The zero-order valence-corrected chi connectivity index (χ0v) is 16.0. The molecule has 1 fully saturated rings. The predicted molar refractivity (Wildman–Crippen MR) is 103 cm³/mol. The highest BCUT2D eigenvalue weighted by atomic mass is 16.5. The topological polar surface area (TPSA) is 9.23 Å². The van der Waals surface area contributed by atoms with Crippen LogP contribution in [0.5, 0.6) is 0 Å². The lowest BCUT2D eigenvalue weighted by Gasteiger charge is -2.16. The van der Waals surface area contributed by atoms with Crippen LogP contribution in [0.4, 0.5) is 0 Å². The van der Waals surface area contributed by atoms with Crippen molar-refractivity contribution in [3.63, 3.8) is 0 Å². The predicted octanol–water partition coefficient (Wildman–Crippen LogP) is 7.31. The summed E-state index contributed by atoms with van der Waals surface area (Å²) in [5.41, 5.74) is 0. The van der Waals surface area contributed by atoms with Crippen LogP contribution in [0.3, 0.4) is 0 Å². The number of unbranched alkanes of at least 4 members (excludes halogenated alkanes) is 8. The molecular formula is C22H42O. The molecule has 0 heterocycles. The van der Waals surface area contributed by atoms with Gasteiger partial charge in [0.25, 0.3) is 0 Å². The highest BCUT2D eigenvalue weighted by Crippen LogP contribution is 2.36. The highest BCUT2D eigenvalue weighted by Gasteiger charge is 2.24. The maximum Gasteiger partial charge on any atom is 0.0465 e. The third-order valence-corrected chi connectivity index (χ3v) is 5.39. The molecule has 23 heavy (non-hydrogen) atoms. The van der Waals surface area contributed by atoms with E-state index in [4.69, 9.17) is 4.74 Å². The van der Waals surface area contributed by atoms with Crippen LogP contribution in [0.25, 0.3) is 0 Å². The van der Waals surface area contributed by atoms with Crippen molar-refractivity contribution in [1.82, 2.24) is 0 Å². The number of hydrogen-bond acceptors (Lipinski definition) is 1. The first-order valence-corrected chi connectivity index (χ1v) is 10.6. The molecule has 0 aromatic rings. The van der Waals surface area contributed by atoms with Crippen molar-refractivity contribution in [2.24, 2.45) is 11.8 Å². The van der Waals surface area contributed by atoms with E-state index in [1.165, 1.54) is 89.9 Å². The fourth-order valence-electron chi connectivity index (χ4n) is 3.92. The lowest BCUT2D eigenvalue weighted by molar-refractivity contribution is 0.143. The van der Waals surface area contributed by atoms with E-state index in [9.17, 15) is 0 Å². The first-order chi connectivity index (χ1) is 11.4. The summed E-state index contributed by atoms with van der Waals surface area (Å²) in [6, 6.07) is 0. The van der Waals surface area contributed by atoms with E-state index in [-0.39, 0.29) is 0 Å². The summed E-state index contributed by atoms with van der Waals surface area (Å²) in [7, 11) is 0. The van der Waals surface area contributed by atoms with Gasteiger partial charge in [0, 0.05) is 13.2 Å². The minimum Gasteiger partial charge on any atom is -0.382 e. The Balaban J connectivity index is 2.01. The van der Waals surface area contributed by atoms with E-state index in [2.05, 4.69) is 26.0 Å². The van der Waals surface area contributed by atoms with E-state index in [1.54, 1.807) is 0 Å². The first-order valence-electron chi connectivity index (χ1n) is 10.6. The number of hydrogen-bond donors (Lipinski definition) is 0. The lowest BCUT2D eigenvalue weighted by atomic mass is 9.90. The molecule has 0 spiro atoms. The molecule has 1 aliphatic carbocycles. The van der Waals surface area contributed by atoms with Gasteiger partial charge in [0.1, 0.15) is 0 Å². The van der Waals surface area contributed by atoms with Gasteiger partial charge in [-0.25, -0.2) is 0 Å². The van der Waals surface area contributed by atoms with Crippen molar-refractivity contribution in [2.45, 2.75) is 104 Å². The van der Waals surface area contributed by atoms with Gasteiger partial charge in [0.2, 0.25) is 0 Å². The second kappa shape index (κ2) is 15.2. The molecular weight excluding hydrogens is 280 g/mol. The average Bonchev–Trinajstić information content (AvgIpc) is 3.01. The Hall–Kier alpha value is -0.300. The molecule has 0 aromatic carbocycles. The van der Waals surface area contributed by atoms with Gasteiger partial charge in [-0.1, -0.05) is 70.4 Å². The molecule has 0 N–H and O–H groups in total. The molecule has 1 rings (SSSR count). The summed E-state index contributed by atoms with van der Waals surface area (Å²) in [4.78, 5) is 0. The van der Waals surface area contributed by atoms with E-state index in [0.717, 1.165) is 25.0 Å². The van der Waals surface area contributed by atoms with E-state index < -0.39 is 0 Å². The maximum atomic E-state index is 5.40. The number of allylic oxidation sites excluding steroid dienone is 2. The molecule has 0 unspecified atom stereocenters. The van der Waals surface area contributed by atoms with Crippen molar-refractivity contribution < 1.29 is 4.74 Å². The van der Waals surface area contributed by atoms with Gasteiger partial charge in [-0.3, -0.25) is 0 Å². The molecule has 0 aromatic heterocycles. The molecule has 136 valence electrons. The van der Waals surface area contributed by atoms with Crippen molar-refractivity contribution >= 4 is 0 Å². The molecule has 2 atom stereocenters. The molecule has 0 aliphatic heterocycles. The molecule has 1 nitrogen and oxygen atoms in total. The van der Waals surface area contributed by atoms with Gasteiger partial charge >= 0.3 is 0 Å². The quantitative estimate of drug-likeness (QED) is 0.227. The summed E-state index contributed by atoms with van der Waals surface area (Å²) in [5.74, 6) is 1.89. The maximum absolute atomic E-state index is 5.40. The van der Waals surface area contributed by atoms with Crippen LogP contribution in [-0.2, 0) is 4.74 Å². The van der Waals surface area contributed by atoms with Gasteiger partial charge < -0.3 is 4.74 Å². The lowest BCUT2D eigenvalue weighted by Crippen LogP contribution is -2.05. The van der Waals surface area contributed by atoms with Crippen molar-refractivity contribution in [2.75, 3.05) is 13.2 Å². The zero-order valence-electron chi connectivity index (χ0n) is 16.0. The van der Waals surface area contributed by atoms with Gasteiger partial charge in [-0.15, -0.1) is 0 Å². The van der Waals surface area contributed by atoms with E-state index in [0.29, 0.717) is 0 Å². The van der Waals surface area contributed by atoms with Crippen LogP contribution < -0.4 is 0 Å². The molecule has 0 amide bonds. The third kappa shape index (κ3) is 11.0. The zero-order chi connectivity index (χ0) is 16.6. The molecule has 0 saturated heterocycles. The normalized spacial score (nSPS) is 21.5. The van der Waals surface area contributed by atoms with Gasteiger partial charge in [-0.05, 0) is 57.3 Å². The van der Waals surface area contributed by atoms with Gasteiger partial charge in [-0.2, -0.15) is 0 Å². The standard InChI is InChI=1S/C22H42O/c1-3-5-6-7-9-12-16-21-18-15-19-22(21)17-13-10-8-11-14-20-23-4-2/h12,16,21-22H,3-11,13-15,17-20H2,1-2H3/t21-,22-/m0/s1. The Bertz CT molecular complexity index is 271. The Morgan fingerprint density at radius 3 is 2.48 bits per heavy atom. The summed E-state index contributed by atoms with van der Waals surface area (Å²) < 4.78 is 5.40. The number of rotatable bonds is 15. The molecule has 1 saturated carbocycles. The Morgan fingerprint density at radius 2 is 1.65 bits per heavy atom. The first kappa shape index (κ1) is 20.7. The van der Waals surface area contributed by atoms with Gasteiger partial charge in [0.05, 0.1) is 0 Å². The minimum atomic E-state index is 0.870. The number of ether oxygens (including phenoxy) is 1. The monoisotopic (exact) mass is 322 g/mol. The Morgan fingerprint density at radius 1 is 0.870 bits per heavy atom. The molecule has 0 bridgehead atoms. The fourth-order valence-corrected chi connectivity index (χ4v) is 3.92. The largest absolute Gasteiger partial charge is 0.382 e. The van der Waals surface area contributed by atoms with Crippen LogP contribution in [0.1, 0.15) is 104 Å². The van der Waals surface area contributed by atoms with Crippen LogP contribution in [-0.4, -0.2) is 13.2 Å². The van der Waals surface area contributed by atoms with Crippen molar-refractivity contribution in [1.29, 1.82) is 0 Å². The van der Waals surface area contributed by atoms with E-state index in [1.807, 2.05) is 0 Å². The van der Waals surface area contributed by atoms with Gasteiger partial charge in [0.15, 0.2) is 0 Å². The molecule has 1 aliphatic rings.